The van der Waals surface area contributed by atoms with Crippen molar-refractivity contribution in [3.8, 4) is 0 Å². The first-order valence-electron chi connectivity index (χ1n) is 4.77. The standard InChI is InChI=1S/C10H15N3O2S/c1-3-7-6-8(16(2,14)15)4-5-9(7)13-10(11)12/h4-6H,3H2,1-2H3,(H4,11,12,13). The Morgan fingerprint density at radius 2 is 2.00 bits per heavy atom. The third kappa shape index (κ3) is 2.96. The van der Waals surface area contributed by atoms with Crippen molar-refractivity contribution in [1.82, 2.24) is 0 Å². The molecule has 0 heterocycles. The number of sulfone groups is 1. The van der Waals surface area contributed by atoms with Crippen molar-refractivity contribution < 1.29 is 8.42 Å². The molecule has 5 nitrogen and oxygen atoms in total. The van der Waals surface area contributed by atoms with Crippen LogP contribution in [0.15, 0.2) is 28.1 Å². The Morgan fingerprint density at radius 3 is 2.44 bits per heavy atom. The Hall–Kier alpha value is -1.56. The molecular weight excluding hydrogens is 226 g/mol. The van der Waals surface area contributed by atoms with Crippen molar-refractivity contribution in [3.05, 3.63) is 23.8 Å². The van der Waals surface area contributed by atoms with Gasteiger partial charge in [0.1, 0.15) is 0 Å². The molecule has 0 spiro atoms. The first kappa shape index (κ1) is 12.5. The van der Waals surface area contributed by atoms with E-state index < -0.39 is 9.84 Å². The Morgan fingerprint density at radius 1 is 1.38 bits per heavy atom. The highest BCUT2D eigenvalue weighted by atomic mass is 32.2. The molecule has 0 aliphatic heterocycles. The lowest BCUT2D eigenvalue weighted by Crippen LogP contribution is -2.22. The Bertz CT molecular complexity index is 517. The van der Waals surface area contributed by atoms with E-state index in [0.717, 1.165) is 5.56 Å². The van der Waals surface area contributed by atoms with Crippen LogP contribution in [0, 0.1) is 0 Å². The SMILES string of the molecule is CCc1cc(S(C)(=O)=O)ccc1N=C(N)N. The number of rotatable bonds is 3. The molecule has 0 saturated heterocycles. The maximum absolute atomic E-state index is 11.3. The van der Waals surface area contributed by atoms with Crippen molar-refractivity contribution in [1.29, 1.82) is 0 Å². The fraction of sp³-hybridized carbons (Fsp3) is 0.300. The fourth-order valence-electron chi connectivity index (χ4n) is 1.32. The second-order valence-corrected chi connectivity index (χ2v) is 5.47. The third-order valence-corrected chi connectivity index (χ3v) is 3.22. The molecule has 0 aliphatic rings. The second-order valence-electron chi connectivity index (χ2n) is 3.45. The molecule has 0 amide bonds. The topological polar surface area (TPSA) is 98.5 Å². The highest BCUT2D eigenvalue weighted by Crippen LogP contribution is 2.23. The Kier molecular flexibility index (Phi) is 3.54. The first-order chi connectivity index (χ1) is 7.34. The van der Waals surface area contributed by atoms with E-state index in [9.17, 15) is 8.42 Å². The summed E-state index contributed by atoms with van der Waals surface area (Å²) >= 11 is 0. The summed E-state index contributed by atoms with van der Waals surface area (Å²) in [6.45, 7) is 1.91. The summed E-state index contributed by atoms with van der Waals surface area (Å²) in [5.41, 5.74) is 12.0. The molecule has 1 rings (SSSR count). The van der Waals surface area contributed by atoms with Gasteiger partial charge in [-0.2, -0.15) is 0 Å². The predicted molar refractivity (Wildman–Crippen MR) is 64.4 cm³/mol. The molecule has 0 unspecified atom stereocenters. The zero-order valence-corrected chi connectivity index (χ0v) is 10.1. The Balaban J connectivity index is 3.33. The molecule has 16 heavy (non-hydrogen) atoms. The van der Waals surface area contributed by atoms with Crippen LogP contribution in [-0.4, -0.2) is 20.6 Å². The number of hydrogen-bond acceptors (Lipinski definition) is 3. The normalized spacial score (nSPS) is 11.1. The molecule has 0 bridgehead atoms. The van der Waals surface area contributed by atoms with Gasteiger partial charge in [-0.05, 0) is 30.2 Å². The molecule has 4 N–H and O–H groups in total. The predicted octanol–water partition coefficient (Wildman–Crippen LogP) is 0.557. The average molecular weight is 241 g/mol. The van der Waals surface area contributed by atoms with E-state index in [1.165, 1.54) is 12.3 Å². The van der Waals surface area contributed by atoms with Gasteiger partial charge in [0.05, 0.1) is 10.6 Å². The minimum Gasteiger partial charge on any atom is -0.370 e. The molecule has 0 saturated carbocycles. The summed E-state index contributed by atoms with van der Waals surface area (Å²) in [5, 5.41) is 0. The Labute approximate surface area is 95.1 Å². The lowest BCUT2D eigenvalue weighted by Gasteiger charge is -2.06. The van der Waals surface area contributed by atoms with Crippen molar-refractivity contribution >= 4 is 21.5 Å². The molecule has 0 aliphatic carbocycles. The minimum atomic E-state index is -3.19. The van der Waals surface area contributed by atoms with Crippen LogP contribution in [0.2, 0.25) is 0 Å². The van der Waals surface area contributed by atoms with Gasteiger partial charge in [0.25, 0.3) is 0 Å². The summed E-state index contributed by atoms with van der Waals surface area (Å²) in [6.07, 6.45) is 1.83. The van der Waals surface area contributed by atoms with Crippen molar-refractivity contribution in [2.45, 2.75) is 18.2 Å². The smallest absolute Gasteiger partial charge is 0.191 e. The van der Waals surface area contributed by atoms with E-state index in [4.69, 9.17) is 11.5 Å². The monoisotopic (exact) mass is 241 g/mol. The van der Waals surface area contributed by atoms with Gasteiger partial charge in [0.15, 0.2) is 15.8 Å². The molecule has 88 valence electrons. The van der Waals surface area contributed by atoms with Crippen molar-refractivity contribution in [2.75, 3.05) is 6.26 Å². The minimum absolute atomic E-state index is 0.0400. The summed E-state index contributed by atoms with van der Waals surface area (Å²) in [4.78, 5) is 4.21. The second kappa shape index (κ2) is 4.52. The van der Waals surface area contributed by atoms with Gasteiger partial charge in [0.2, 0.25) is 0 Å². The molecule has 0 radical (unpaired) electrons. The zero-order valence-electron chi connectivity index (χ0n) is 9.27. The molecule has 0 atom stereocenters. The maximum Gasteiger partial charge on any atom is 0.191 e. The number of aryl methyl sites for hydroxylation is 1. The summed E-state index contributed by atoms with van der Waals surface area (Å²) in [7, 11) is -3.19. The van der Waals surface area contributed by atoms with Crippen LogP contribution in [-0.2, 0) is 16.3 Å². The van der Waals surface area contributed by atoms with E-state index in [-0.39, 0.29) is 10.9 Å². The van der Waals surface area contributed by atoms with E-state index >= 15 is 0 Å². The third-order valence-electron chi connectivity index (χ3n) is 2.11. The van der Waals surface area contributed by atoms with Gasteiger partial charge in [-0.3, -0.25) is 0 Å². The van der Waals surface area contributed by atoms with Gasteiger partial charge in [-0.15, -0.1) is 0 Å². The first-order valence-corrected chi connectivity index (χ1v) is 6.66. The van der Waals surface area contributed by atoms with Crippen molar-refractivity contribution in [2.24, 2.45) is 16.5 Å². The van der Waals surface area contributed by atoms with Crippen LogP contribution in [0.4, 0.5) is 5.69 Å². The number of nitrogens with two attached hydrogens (primary N) is 2. The maximum atomic E-state index is 11.3. The average Bonchev–Trinajstić information content (AvgIpc) is 2.15. The molecule has 1 aromatic carbocycles. The summed E-state index contributed by atoms with van der Waals surface area (Å²) in [6, 6.07) is 4.70. The van der Waals surface area contributed by atoms with E-state index in [1.807, 2.05) is 6.92 Å². The van der Waals surface area contributed by atoms with Crippen LogP contribution in [0.3, 0.4) is 0 Å². The van der Waals surface area contributed by atoms with Crippen LogP contribution in [0.5, 0.6) is 0 Å². The van der Waals surface area contributed by atoms with Crippen LogP contribution in [0.25, 0.3) is 0 Å². The fourth-order valence-corrected chi connectivity index (χ4v) is 2.00. The zero-order chi connectivity index (χ0) is 12.3. The van der Waals surface area contributed by atoms with Crippen LogP contribution < -0.4 is 11.5 Å². The number of guanidine groups is 1. The highest BCUT2D eigenvalue weighted by molar-refractivity contribution is 7.90. The molecule has 6 heteroatoms. The molecular formula is C10H15N3O2S. The van der Waals surface area contributed by atoms with Gasteiger partial charge in [0, 0.05) is 6.26 Å². The lowest BCUT2D eigenvalue weighted by atomic mass is 10.1. The number of aliphatic imine (C=N–C) groups is 1. The number of hydrogen-bond donors (Lipinski definition) is 2. The van der Waals surface area contributed by atoms with Gasteiger partial charge >= 0.3 is 0 Å². The van der Waals surface area contributed by atoms with E-state index in [2.05, 4.69) is 4.99 Å². The molecule has 0 fully saturated rings. The van der Waals surface area contributed by atoms with E-state index in [0.29, 0.717) is 12.1 Å². The van der Waals surface area contributed by atoms with E-state index in [1.54, 1.807) is 12.1 Å². The van der Waals surface area contributed by atoms with Gasteiger partial charge in [-0.1, -0.05) is 6.92 Å². The molecule has 1 aromatic rings. The largest absolute Gasteiger partial charge is 0.370 e. The summed E-state index contributed by atoms with van der Waals surface area (Å²) < 4.78 is 22.7. The number of benzene rings is 1. The highest BCUT2D eigenvalue weighted by Gasteiger charge is 2.09. The van der Waals surface area contributed by atoms with Gasteiger partial charge < -0.3 is 11.5 Å². The van der Waals surface area contributed by atoms with Gasteiger partial charge in [-0.25, -0.2) is 13.4 Å². The molecule has 0 aromatic heterocycles. The number of nitrogens with zero attached hydrogens (tertiary/aromatic N) is 1. The lowest BCUT2D eigenvalue weighted by molar-refractivity contribution is 0.602. The van der Waals surface area contributed by atoms with Crippen LogP contribution >= 0.6 is 0 Å². The quantitative estimate of drug-likeness (QED) is 0.596. The van der Waals surface area contributed by atoms with Crippen molar-refractivity contribution in [3.63, 3.8) is 0 Å². The van der Waals surface area contributed by atoms with Crippen LogP contribution in [0.1, 0.15) is 12.5 Å². The summed E-state index contributed by atoms with van der Waals surface area (Å²) in [5.74, 6) is -0.0400.